The Labute approximate surface area is 116 Å². The summed E-state index contributed by atoms with van der Waals surface area (Å²) in [6.45, 7) is 2.23. The largest absolute Gasteiger partial charge is 0.481 e. The van der Waals surface area contributed by atoms with Crippen molar-refractivity contribution in [3.63, 3.8) is 0 Å². The number of sulfonamides is 1. The predicted octanol–water partition coefficient (Wildman–Crippen LogP) is 1.41. The van der Waals surface area contributed by atoms with Gasteiger partial charge in [-0.15, -0.1) is 17.8 Å². The fourth-order valence-electron chi connectivity index (χ4n) is 1.50. The van der Waals surface area contributed by atoms with E-state index in [1.165, 1.54) is 16.4 Å². The molecule has 0 fully saturated rings. The van der Waals surface area contributed by atoms with Crippen LogP contribution in [0.15, 0.2) is 16.3 Å². The molecule has 0 spiro atoms. The minimum atomic E-state index is -3.62. The number of carbonyl (C=O) groups is 1. The van der Waals surface area contributed by atoms with Crippen molar-refractivity contribution >= 4 is 27.3 Å². The number of thiophene rings is 1. The number of carboxylic acid groups (broad SMARTS) is 1. The quantitative estimate of drug-likeness (QED) is 0.773. The van der Waals surface area contributed by atoms with Gasteiger partial charge in [0.2, 0.25) is 0 Å². The van der Waals surface area contributed by atoms with Crippen LogP contribution >= 0.6 is 11.3 Å². The summed E-state index contributed by atoms with van der Waals surface area (Å²) in [4.78, 5) is 11.1. The average Bonchev–Trinajstić information content (AvgIpc) is 2.77. The smallest absolute Gasteiger partial charge is 0.308 e. The van der Waals surface area contributed by atoms with E-state index in [4.69, 9.17) is 11.5 Å². The zero-order chi connectivity index (χ0) is 14.5. The summed E-state index contributed by atoms with van der Waals surface area (Å²) in [5.41, 5.74) is 0. The van der Waals surface area contributed by atoms with E-state index in [0.29, 0.717) is 17.8 Å². The Balaban J connectivity index is 3.01. The van der Waals surface area contributed by atoms with Crippen LogP contribution in [0.1, 0.15) is 18.2 Å². The molecule has 0 radical (unpaired) electrons. The summed E-state index contributed by atoms with van der Waals surface area (Å²) in [6, 6.07) is 2.95. The second-order valence-corrected chi connectivity index (χ2v) is 7.17. The average molecular weight is 301 g/mol. The minimum absolute atomic E-state index is 0.0162. The molecule has 0 atom stereocenters. The van der Waals surface area contributed by atoms with Gasteiger partial charge in [0.1, 0.15) is 4.21 Å². The van der Waals surface area contributed by atoms with Gasteiger partial charge in [-0.1, -0.05) is 12.8 Å². The standard InChI is InChI=1S/C12H15NO4S2/c1-3-7-13(8-4-2)19(16,17)12-6-5-10(18-12)9-11(14)15/h1,5-6H,4,7-9H2,2H3,(H,14,15). The predicted molar refractivity (Wildman–Crippen MR) is 73.5 cm³/mol. The van der Waals surface area contributed by atoms with Gasteiger partial charge in [0, 0.05) is 11.4 Å². The molecule has 0 aliphatic carbocycles. The molecule has 0 aliphatic heterocycles. The summed E-state index contributed by atoms with van der Waals surface area (Å²) in [6.07, 6.45) is 5.66. The van der Waals surface area contributed by atoms with Crippen LogP contribution in [0.5, 0.6) is 0 Å². The molecular weight excluding hydrogens is 286 g/mol. The molecular formula is C12H15NO4S2. The Morgan fingerprint density at radius 2 is 2.21 bits per heavy atom. The first kappa shape index (κ1) is 15.7. The highest BCUT2D eigenvalue weighted by Gasteiger charge is 2.25. The van der Waals surface area contributed by atoms with Crippen molar-refractivity contribution in [2.24, 2.45) is 0 Å². The Kier molecular flexibility index (Phi) is 5.54. The molecule has 5 nitrogen and oxygen atoms in total. The van der Waals surface area contributed by atoms with Crippen molar-refractivity contribution in [2.45, 2.75) is 24.0 Å². The van der Waals surface area contributed by atoms with Gasteiger partial charge in [-0.25, -0.2) is 8.42 Å². The lowest BCUT2D eigenvalue weighted by molar-refractivity contribution is -0.136. The van der Waals surface area contributed by atoms with Gasteiger partial charge in [0.05, 0.1) is 13.0 Å². The maximum atomic E-state index is 12.3. The highest BCUT2D eigenvalue weighted by atomic mass is 32.2. The summed E-state index contributed by atoms with van der Waals surface area (Å²) in [5, 5.41) is 8.68. The molecule has 104 valence electrons. The third-order valence-electron chi connectivity index (χ3n) is 2.30. The Bertz CT molecular complexity index is 583. The summed E-state index contributed by atoms with van der Waals surface area (Å²) >= 11 is 0.969. The molecule has 1 heterocycles. The normalized spacial score (nSPS) is 11.4. The van der Waals surface area contributed by atoms with E-state index in [1.54, 1.807) is 0 Å². The van der Waals surface area contributed by atoms with E-state index >= 15 is 0 Å². The second kappa shape index (κ2) is 6.70. The van der Waals surface area contributed by atoms with E-state index in [2.05, 4.69) is 5.92 Å². The second-order valence-electron chi connectivity index (χ2n) is 3.83. The lowest BCUT2D eigenvalue weighted by Crippen LogP contribution is -2.31. The molecule has 1 aromatic heterocycles. The van der Waals surface area contributed by atoms with E-state index in [1.807, 2.05) is 6.92 Å². The zero-order valence-corrected chi connectivity index (χ0v) is 12.1. The lowest BCUT2D eigenvalue weighted by Gasteiger charge is -2.17. The third kappa shape index (κ3) is 4.06. The van der Waals surface area contributed by atoms with Gasteiger partial charge in [0.25, 0.3) is 10.0 Å². The summed E-state index contributed by atoms with van der Waals surface area (Å²) in [7, 11) is -3.62. The van der Waals surface area contributed by atoms with Crippen molar-refractivity contribution in [3.8, 4) is 12.3 Å². The first-order valence-corrected chi connectivity index (χ1v) is 7.91. The molecule has 0 bridgehead atoms. The molecule has 7 heteroatoms. The van der Waals surface area contributed by atoms with E-state index in [-0.39, 0.29) is 17.2 Å². The molecule has 1 N–H and O–H groups in total. The third-order valence-corrected chi connectivity index (χ3v) is 5.70. The summed E-state index contributed by atoms with van der Waals surface area (Å²) < 4.78 is 26.0. The molecule has 0 saturated heterocycles. The molecule has 0 aliphatic rings. The molecule has 1 rings (SSSR count). The number of carboxylic acids is 1. The Morgan fingerprint density at radius 3 is 2.74 bits per heavy atom. The molecule has 0 amide bonds. The maximum Gasteiger partial charge on any atom is 0.308 e. The SMILES string of the molecule is C#CCN(CCC)S(=O)(=O)c1ccc(CC(=O)O)s1. The van der Waals surface area contributed by atoms with Crippen LogP contribution in [0.25, 0.3) is 0 Å². The van der Waals surface area contributed by atoms with Crippen molar-refractivity contribution < 1.29 is 18.3 Å². The Hall–Kier alpha value is -1.36. The molecule has 0 aromatic carbocycles. The fraction of sp³-hybridized carbons (Fsp3) is 0.417. The molecule has 19 heavy (non-hydrogen) atoms. The minimum Gasteiger partial charge on any atom is -0.481 e. The van der Waals surface area contributed by atoms with Gasteiger partial charge in [-0.3, -0.25) is 4.79 Å². The van der Waals surface area contributed by atoms with Gasteiger partial charge in [-0.2, -0.15) is 4.31 Å². The van der Waals surface area contributed by atoms with Crippen molar-refractivity contribution in [2.75, 3.05) is 13.1 Å². The van der Waals surface area contributed by atoms with Crippen molar-refractivity contribution in [1.29, 1.82) is 0 Å². The topological polar surface area (TPSA) is 74.7 Å². The number of aliphatic carboxylic acids is 1. The van der Waals surface area contributed by atoms with Gasteiger partial charge < -0.3 is 5.11 Å². The highest BCUT2D eigenvalue weighted by Crippen LogP contribution is 2.25. The molecule has 0 unspecified atom stereocenters. The van der Waals surface area contributed by atoms with Crippen LogP contribution in [0.2, 0.25) is 0 Å². The summed E-state index contributed by atoms with van der Waals surface area (Å²) in [5.74, 6) is 1.34. The number of hydrogen-bond acceptors (Lipinski definition) is 4. The van der Waals surface area contributed by atoms with E-state index < -0.39 is 16.0 Å². The molecule has 0 saturated carbocycles. The van der Waals surface area contributed by atoms with E-state index in [9.17, 15) is 13.2 Å². The lowest BCUT2D eigenvalue weighted by atomic mass is 10.3. The monoisotopic (exact) mass is 301 g/mol. The van der Waals surface area contributed by atoms with Crippen LogP contribution in [0, 0.1) is 12.3 Å². The van der Waals surface area contributed by atoms with Crippen LogP contribution < -0.4 is 0 Å². The first-order chi connectivity index (χ1) is 8.91. The molecule has 1 aromatic rings. The number of hydrogen-bond donors (Lipinski definition) is 1. The van der Waals surface area contributed by atoms with Crippen molar-refractivity contribution in [1.82, 2.24) is 4.31 Å². The van der Waals surface area contributed by atoms with E-state index in [0.717, 1.165) is 11.3 Å². The van der Waals surface area contributed by atoms with Crippen molar-refractivity contribution in [3.05, 3.63) is 17.0 Å². The number of rotatable bonds is 7. The Morgan fingerprint density at radius 1 is 1.53 bits per heavy atom. The maximum absolute atomic E-state index is 12.3. The van der Waals surface area contributed by atoms with Gasteiger partial charge in [-0.05, 0) is 18.6 Å². The van der Waals surface area contributed by atoms with Crippen LogP contribution in [0.3, 0.4) is 0 Å². The number of terminal acetylenes is 1. The highest BCUT2D eigenvalue weighted by molar-refractivity contribution is 7.91. The van der Waals surface area contributed by atoms with Crippen LogP contribution in [0.4, 0.5) is 0 Å². The number of nitrogens with zero attached hydrogens (tertiary/aromatic N) is 1. The first-order valence-electron chi connectivity index (χ1n) is 5.66. The van der Waals surface area contributed by atoms with Gasteiger partial charge in [0.15, 0.2) is 0 Å². The fourth-order valence-corrected chi connectivity index (χ4v) is 4.45. The van der Waals surface area contributed by atoms with Gasteiger partial charge >= 0.3 is 5.97 Å². The van der Waals surface area contributed by atoms with Crippen LogP contribution in [-0.4, -0.2) is 36.9 Å². The van der Waals surface area contributed by atoms with Crippen LogP contribution in [-0.2, 0) is 21.2 Å². The zero-order valence-electron chi connectivity index (χ0n) is 10.5.